The number of likely N-dealkylation sites (N-methyl/N-ethyl adjacent to an activating group) is 1. The third-order valence-electron chi connectivity index (χ3n) is 2.84. The minimum atomic E-state index is -4.08. The summed E-state index contributed by atoms with van der Waals surface area (Å²) in [5, 5.41) is 9.42. The molecule has 2 rings (SSSR count). The number of methoxy groups -OCH3 is 1. The van der Waals surface area contributed by atoms with Gasteiger partial charge in [-0.1, -0.05) is 17.7 Å². The number of carboxylic acids is 1. The number of allylic oxidation sites excluding steroid dienone is 1. The lowest BCUT2D eigenvalue weighted by Gasteiger charge is -2.21. The van der Waals surface area contributed by atoms with E-state index in [0.29, 0.717) is 20.6 Å². The molecule has 0 aliphatic carbocycles. The second-order valence-corrected chi connectivity index (χ2v) is 6.14. The average molecular weight is 331 g/mol. The third kappa shape index (κ3) is 2.86. The van der Waals surface area contributed by atoms with Crippen molar-refractivity contribution in [2.75, 3.05) is 14.2 Å². The molecule has 1 aliphatic heterocycles. The van der Waals surface area contributed by atoms with Crippen LogP contribution in [-0.4, -0.2) is 43.7 Å². The van der Waals surface area contributed by atoms with Crippen LogP contribution in [0.25, 0.3) is 0 Å². The Balaban J connectivity index is 2.60. The first-order valence-corrected chi connectivity index (χ1v) is 7.41. The van der Waals surface area contributed by atoms with Gasteiger partial charge in [0.05, 0.1) is 17.8 Å². The van der Waals surface area contributed by atoms with Gasteiger partial charge in [-0.2, -0.15) is 8.42 Å². The number of hydrogen-bond donors (Lipinski definition) is 1. The van der Waals surface area contributed by atoms with E-state index in [4.69, 9.17) is 21.4 Å². The molecule has 0 radical (unpaired) electrons. The fourth-order valence-electron chi connectivity index (χ4n) is 1.71. The molecule has 0 amide bonds. The molecular formula is C12H11ClN2O5S. The highest BCUT2D eigenvalue weighted by Gasteiger charge is 2.29. The maximum Gasteiger partial charge on any atom is 0.353 e. The van der Waals surface area contributed by atoms with Gasteiger partial charge in [0, 0.05) is 12.6 Å². The molecule has 112 valence electrons. The zero-order valence-corrected chi connectivity index (χ0v) is 12.6. The topological polar surface area (TPSA) is 96.3 Å². The van der Waals surface area contributed by atoms with Gasteiger partial charge in [-0.3, -0.25) is 0 Å². The minimum Gasteiger partial charge on any atom is -0.495 e. The number of halogens is 1. The summed E-state index contributed by atoms with van der Waals surface area (Å²) in [4.78, 5) is 11.1. The highest BCUT2D eigenvalue weighted by molar-refractivity contribution is 7.88. The first-order valence-electron chi connectivity index (χ1n) is 5.64. The van der Waals surface area contributed by atoms with Crippen LogP contribution in [0, 0.1) is 0 Å². The number of carboxylic acid groups (broad SMARTS) is 1. The van der Waals surface area contributed by atoms with Crippen molar-refractivity contribution in [2.24, 2.45) is 4.40 Å². The zero-order valence-electron chi connectivity index (χ0n) is 11.1. The lowest BCUT2D eigenvalue weighted by atomic mass is 10.1. The van der Waals surface area contributed by atoms with Crippen LogP contribution in [0.3, 0.4) is 0 Å². The van der Waals surface area contributed by atoms with Crippen molar-refractivity contribution >= 4 is 33.5 Å². The Morgan fingerprint density at radius 2 is 2.10 bits per heavy atom. The van der Waals surface area contributed by atoms with Crippen LogP contribution < -0.4 is 4.74 Å². The summed E-state index contributed by atoms with van der Waals surface area (Å²) in [5.41, 5.74) is -0.0129. The number of ether oxygens (including phenoxy) is 1. The molecule has 0 atom stereocenters. The van der Waals surface area contributed by atoms with Gasteiger partial charge in [-0.25, -0.2) is 9.10 Å². The monoisotopic (exact) mass is 330 g/mol. The summed E-state index contributed by atoms with van der Waals surface area (Å²) >= 11 is 5.89. The quantitative estimate of drug-likeness (QED) is 0.901. The molecule has 9 heteroatoms. The predicted octanol–water partition coefficient (Wildman–Crippen LogP) is 1.30. The molecule has 1 N–H and O–H groups in total. The Hall–Kier alpha value is -2.06. The van der Waals surface area contributed by atoms with Gasteiger partial charge >= 0.3 is 16.2 Å². The molecule has 1 heterocycles. The van der Waals surface area contributed by atoms with Crippen molar-refractivity contribution in [1.82, 2.24) is 4.31 Å². The van der Waals surface area contributed by atoms with E-state index in [-0.39, 0.29) is 5.71 Å². The normalized spacial score (nSPS) is 17.0. The van der Waals surface area contributed by atoms with Crippen LogP contribution in [0.15, 0.2) is 34.4 Å². The molecule has 1 aliphatic rings. The first-order chi connectivity index (χ1) is 9.76. The molecule has 0 saturated heterocycles. The number of rotatable bonds is 3. The molecule has 0 unspecified atom stereocenters. The fourth-order valence-corrected chi connectivity index (χ4v) is 2.81. The summed E-state index contributed by atoms with van der Waals surface area (Å²) < 4.78 is 33.0. The standard InChI is InChI=1S/C12H11ClN2O5S/c1-15-10(12(16)17)6-9(14-21(15,18)19)7-3-4-8(13)11(5-7)20-2/h3-6H,1-2H3,(H,16,17). The Labute approximate surface area is 126 Å². The molecule has 0 saturated carbocycles. The van der Waals surface area contributed by atoms with Crippen molar-refractivity contribution in [3.8, 4) is 5.75 Å². The van der Waals surface area contributed by atoms with E-state index in [0.717, 1.165) is 7.05 Å². The van der Waals surface area contributed by atoms with E-state index in [9.17, 15) is 13.2 Å². The Morgan fingerprint density at radius 3 is 2.67 bits per heavy atom. The van der Waals surface area contributed by atoms with Gasteiger partial charge in [0.25, 0.3) is 0 Å². The van der Waals surface area contributed by atoms with Crippen LogP contribution >= 0.6 is 11.6 Å². The lowest BCUT2D eigenvalue weighted by Crippen LogP contribution is -2.33. The third-order valence-corrected chi connectivity index (χ3v) is 4.47. The highest BCUT2D eigenvalue weighted by atomic mass is 35.5. The summed E-state index contributed by atoms with van der Waals surface area (Å²) in [6.07, 6.45) is 1.17. The molecular weight excluding hydrogens is 320 g/mol. The van der Waals surface area contributed by atoms with Gasteiger partial charge < -0.3 is 9.84 Å². The van der Waals surface area contributed by atoms with Crippen molar-refractivity contribution in [3.63, 3.8) is 0 Å². The second-order valence-electron chi connectivity index (χ2n) is 4.11. The fraction of sp³-hybridized carbons (Fsp3) is 0.167. The number of nitrogens with zero attached hydrogens (tertiary/aromatic N) is 2. The van der Waals surface area contributed by atoms with E-state index in [1.807, 2.05) is 0 Å². The molecule has 0 fully saturated rings. The second kappa shape index (κ2) is 5.38. The molecule has 1 aromatic rings. The summed E-state index contributed by atoms with van der Waals surface area (Å²) in [6.45, 7) is 0. The number of carbonyl (C=O) groups is 1. The largest absolute Gasteiger partial charge is 0.495 e. The molecule has 7 nitrogen and oxygen atoms in total. The maximum atomic E-state index is 11.9. The van der Waals surface area contributed by atoms with Crippen molar-refractivity contribution in [1.29, 1.82) is 0 Å². The summed E-state index contributed by atoms with van der Waals surface area (Å²) in [5.74, 6) is -1.03. The summed E-state index contributed by atoms with van der Waals surface area (Å²) in [6, 6.07) is 4.52. The number of hydrogen-bond acceptors (Lipinski definition) is 4. The number of aliphatic carboxylic acids is 1. The number of benzene rings is 1. The smallest absolute Gasteiger partial charge is 0.353 e. The first kappa shape index (κ1) is 15.3. The van der Waals surface area contributed by atoms with Crippen molar-refractivity contribution < 1.29 is 23.1 Å². The maximum absolute atomic E-state index is 11.9. The van der Waals surface area contributed by atoms with Gasteiger partial charge in [-0.05, 0) is 18.2 Å². The van der Waals surface area contributed by atoms with E-state index in [1.54, 1.807) is 0 Å². The van der Waals surface area contributed by atoms with Crippen LogP contribution in [-0.2, 0) is 15.0 Å². The Kier molecular flexibility index (Phi) is 3.93. The molecule has 21 heavy (non-hydrogen) atoms. The van der Waals surface area contributed by atoms with Crippen molar-refractivity contribution in [3.05, 3.63) is 40.6 Å². The highest BCUT2D eigenvalue weighted by Crippen LogP contribution is 2.27. The van der Waals surface area contributed by atoms with E-state index < -0.39 is 21.9 Å². The van der Waals surface area contributed by atoms with Gasteiger partial charge in [0.1, 0.15) is 11.4 Å². The molecule has 0 bridgehead atoms. The molecule has 1 aromatic carbocycles. The SMILES string of the molecule is COc1cc(C2=NS(=O)(=O)N(C)C(C(=O)O)=C2)ccc1Cl. The zero-order chi connectivity index (χ0) is 15.8. The van der Waals surface area contributed by atoms with Gasteiger partial charge in [0.15, 0.2) is 0 Å². The van der Waals surface area contributed by atoms with Crippen LogP contribution in [0.5, 0.6) is 5.75 Å². The van der Waals surface area contributed by atoms with Crippen LogP contribution in [0.2, 0.25) is 5.02 Å². The molecule has 0 aromatic heterocycles. The predicted molar refractivity (Wildman–Crippen MR) is 76.9 cm³/mol. The minimum absolute atomic E-state index is 0.000432. The average Bonchev–Trinajstić information content (AvgIpc) is 2.41. The van der Waals surface area contributed by atoms with Crippen LogP contribution in [0.1, 0.15) is 5.56 Å². The van der Waals surface area contributed by atoms with Crippen LogP contribution in [0.4, 0.5) is 0 Å². The van der Waals surface area contributed by atoms with Gasteiger partial charge in [-0.15, -0.1) is 4.40 Å². The van der Waals surface area contributed by atoms with E-state index in [2.05, 4.69) is 4.40 Å². The molecule has 0 spiro atoms. The van der Waals surface area contributed by atoms with E-state index >= 15 is 0 Å². The lowest BCUT2D eigenvalue weighted by molar-refractivity contribution is -0.133. The Morgan fingerprint density at radius 1 is 1.43 bits per heavy atom. The van der Waals surface area contributed by atoms with Crippen molar-refractivity contribution in [2.45, 2.75) is 0 Å². The Bertz CT molecular complexity index is 770. The van der Waals surface area contributed by atoms with E-state index in [1.165, 1.54) is 31.4 Å². The van der Waals surface area contributed by atoms with Gasteiger partial charge in [0.2, 0.25) is 0 Å². The summed E-state index contributed by atoms with van der Waals surface area (Å²) in [7, 11) is -1.55.